The van der Waals surface area contributed by atoms with Crippen LogP contribution in [0.25, 0.3) is 5.65 Å². The van der Waals surface area contributed by atoms with Gasteiger partial charge in [0, 0.05) is 25.1 Å². The topological polar surface area (TPSA) is 84.2 Å². The minimum atomic E-state index is -0.0882. The Hall–Kier alpha value is -2.96. The number of aromatic nitrogens is 4. The second-order valence-corrected chi connectivity index (χ2v) is 6.75. The molecule has 0 saturated heterocycles. The van der Waals surface area contributed by atoms with Crippen molar-refractivity contribution in [3.05, 3.63) is 53.3 Å². The molecule has 0 aliphatic rings. The van der Waals surface area contributed by atoms with E-state index in [1.54, 1.807) is 4.52 Å². The van der Waals surface area contributed by atoms with Crippen LogP contribution in [0.3, 0.4) is 0 Å². The Morgan fingerprint density at radius 1 is 1.19 bits per heavy atom. The fourth-order valence-corrected chi connectivity index (χ4v) is 2.57. The molecule has 1 aromatic carbocycles. The Balaban J connectivity index is 1.63. The van der Waals surface area contributed by atoms with Crippen LogP contribution in [0.5, 0.6) is 0 Å². The first-order chi connectivity index (χ1) is 12.5. The summed E-state index contributed by atoms with van der Waals surface area (Å²) in [5.74, 6) is 1.95. The summed E-state index contributed by atoms with van der Waals surface area (Å²) in [4.78, 5) is 12.2. The molecule has 0 bridgehead atoms. The minimum Gasteiger partial charge on any atom is -0.368 e. The standard InChI is InChI=1S/C19H24N6O/c1-13(2)12-21-16-7-8-17-22-23-18(25(17)24-16)9-10-20-19(26)15-6-4-5-14(3)11-15/h4-8,11,13H,9-10,12H2,1-3H3,(H,20,26)(H,21,24). The fraction of sp³-hybridized carbons (Fsp3) is 0.368. The number of hydrogen-bond donors (Lipinski definition) is 2. The number of amides is 1. The number of carbonyl (C=O) groups is 1. The van der Waals surface area contributed by atoms with Crippen LogP contribution in [-0.2, 0) is 6.42 Å². The molecule has 2 N–H and O–H groups in total. The van der Waals surface area contributed by atoms with Gasteiger partial charge in [-0.1, -0.05) is 31.5 Å². The number of benzene rings is 1. The van der Waals surface area contributed by atoms with Gasteiger partial charge in [-0.15, -0.1) is 15.3 Å². The van der Waals surface area contributed by atoms with Crippen LogP contribution in [0.2, 0.25) is 0 Å². The Morgan fingerprint density at radius 3 is 2.81 bits per heavy atom. The predicted octanol–water partition coefficient (Wildman–Crippen LogP) is 2.47. The fourth-order valence-electron chi connectivity index (χ4n) is 2.57. The summed E-state index contributed by atoms with van der Waals surface area (Å²) in [5.41, 5.74) is 2.42. The number of carbonyl (C=O) groups excluding carboxylic acids is 1. The monoisotopic (exact) mass is 352 g/mol. The average molecular weight is 352 g/mol. The molecule has 0 unspecified atom stereocenters. The van der Waals surface area contributed by atoms with Crippen LogP contribution in [0.1, 0.15) is 35.6 Å². The summed E-state index contributed by atoms with van der Waals surface area (Å²) < 4.78 is 1.72. The third-order valence-electron chi connectivity index (χ3n) is 3.93. The van der Waals surface area contributed by atoms with Crippen molar-refractivity contribution in [1.82, 2.24) is 25.1 Å². The molecule has 0 aliphatic heterocycles. The van der Waals surface area contributed by atoms with Gasteiger partial charge in [-0.25, -0.2) is 0 Å². The zero-order chi connectivity index (χ0) is 18.5. The molecule has 7 heteroatoms. The molecule has 0 spiro atoms. The number of hydrogen-bond acceptors (Lipinski definition) is 5. The third kappa shape index (κ3) is 4.36. The van der Waals surface area contributed by atoms with Crippen LogP contribution < -0.4 is 10.6 Å². The van der Waals surface area contributed by atoms with Crippen molar-refractivity contribution < 1.29 is 4.79 Å². The van der Waals surface area contributed by atoms with Gasteiger partial charge in [-0.2, -0.15) is 4.52 Å². The van der Waals surface area contributed by atoms with Gasteiger partial charge in [0.1, 0.15) is 5.82 Å². The van der Waals surface area contributed by atoms with E-state index in [1.165, 1.54) is 0 Å². The number of nitrogens with one attached hydrogen (secondary N) is 2. The lowest BCUT2D eigenvalue weighted by Gasteiger charge is -2.08. The van der Waals surface area contributed by atoms with Crippen LogP contribution in [-0.4, -0.2) is 38.8 Å². The largest absolute Gasteiger partial charge is 0.368 e. The van der Waals surface area contributed by atoms with Gasteiger partial charge in [0.2, 0.25) is 0 Å². The normalized spacial score (nSPS) is 11.1. The van der Waals surface area contributed by atoms with E-state index in [9.17, 15) is 4.79 Å². The van der Waals surface area contributed by atoms with Crippen LogP contribution >= 0.6 is 0 Å². The molecule has 136 valence electrons. The van der Waals surface area contributed by atoms with E-state index >= 15 is 0 Å². The van der Waals surface area contributed by atoms with Crippen molar-refractivity contribution in [3.63, 3.8) is 0 Å². The molecule has 3 aromatic rings. The Bertz CT molecular complexity index is 902. The van der Waals surface area contributed by atoms with Crippen LogP contribution in [0.4, 0.5) is 5.82 Å². The quantitative estimate of drug-likeness (QED) is 0.682. The first kappa shape index (κ1) is 17.8. The van der Waals surface area contributed by atoms with Gasteiger partial charge in [0.25, 0.3) is 5.91 Å². The molecular formula is C19H24N6O. The highest BCUT2D eigenvalue weighted by Gasteiger charge is 2.10. The molecule has 1 amide bonds. The maximum absolute atomic E-state index is 12.2. The molecule has 2 aromatic heterocycles. The van der Waals surface area contributed by atoms with Crippen molar-refractivity contribution in [2.45, 2.75) is 27.2 Å². The smallest absolute Gasteiger partial charge is 0.251 e. The summed E-state index contributed by atoms with van der Waals surface area (Å²) in [6.45, 7) is 7.58. The molecular weight excluding hydrogens is 328 g/mol. The number of fused-ring (bicyclic) bond motifs is 1. The zero-order valence-corrected chi connectivity index (χ0v) is 15.4. The number of anilines is 1. The van der Waals surface area contributed by atoms with Gasteiger partial charge in [-0.05, 0) is 37.1 Å². The minimum absolute atomic E-state index is 0.0882. The van der Waals surface area contributed by atoms with Crippen molar-refractivity contribution in [3.8, 4) is 0 Å². The third-order valence-corrected chi connectivity index (χ3v) is 3.93. The average Bonchev–Trinajstić information content (AvgIpc) is 3.02. The van der Waals surface area contributed by atoms with Crippen molar-refractivity contribution in [1.29, 1.82) is 0 Å². The molecule has 26 heavy (non-hydrogen) atoms. The molecule has 0 atom stereocenters. The second-order valence-electron chi connectivity index (χ2n) is 6.75. The maximum atomic E-state index is 12.2. The molecule has 0 aliphatic carbocycles. The van der Waals surface area contributed by atoms with Gasteiger partial charge in [0.05, 0.1) is 0 Å². The highest BCUT2D eigenvalue weighted by molar-refractivity contribution is 5.94. The van der Waals surface area contributed by atoms with E-state index in [4.69, 9.17) is 0 Å². The van der Waals surface area contributed by atoms with E-state index in [2.05, 4.69) is 39.8 Å². The van der Waals surface area contributed by atoms with Gasteiger partial charge < -0.3 is 10.6 Å². The van der Waals surface area contributed by atoms with Crippen LogP contribution in [0, 0.1) is 12.8 Å². The number of rotatable bonds is 7. The lowest BCUT2D eigenvalue weighted by molar-refractivity contribution is 0.0954. The molecule has 0 fully saturated rings. The van der Waals surface area contributed by atoms with E-state index in [-0.39, 0.29) is 5.91 Å². The SMILES string of the molecule is Cc1cccc(C(=O)NCCc2nnc3ccc(NCC(C)C)nn23)c1. The lowest BCUT2D eigenvalue weighted by Crippen LogP contribution is -2.26. The molecule has 2 heterocycles. The second kappa shape index (κ2) is 7.95. The maximum Gasteiger partial charge on any atom is 0.251 e. The Kier molecular flexibility index (Phi) is 5.46. The van der Waals surface area contributed by atoms with Crippen LogP contribution in [0.15, 0.2) is 36.4 Å². The van der Waals surface area contributed by atoms with Gasteiger partial charge in [0.15, 0.2) is 11.5 Å². The zero-order valence-electron chi connectivity index (χ0n) is 15.4. The summed E-state index contributed by atoms with van der Waals surface area (Å²) in [5, 5.41) is 19.1. The first-order valence-electron chi connectivity index (χ1n) is 8.83. The van der Waals surface area contributed by atoms with Crippen molar-refractivity contribution >= 4 is 17.4 Å². The highest BCUT2D eigenvalue weighted by Crippen LogP contribution is 2.09. The van der Waals surface area contributed by atoms with E-state index in [1.807, 2.05) is 43.3 Å². The molecule has 0 saturated carbocycles. The summed E-state index contributed by atoms with van der Waals surface area (Å²) in [6, 6.07) is 11.3. The molecule has 7 nitrogen and oxygen atoms in total. The lowest BCUT2D eigenvalue weighted by atomic mass is 10.1. The Morgan fingerprint density at radius 2 is 2.04 bits per heavy atom. The summed E-state index contributed by atoms with van der Waals surface area (Å²) in [7, 11) is 0. The van der Waals surface area contributed by atoms with Crippen molar-refractivity contribution in [2.24, 2.45) is 5.92 Å². The van der Waals surface area contributed by atoms with E-state index in [0.29, 0.717) is 30.1 Å². The molecule has 0 radical (unpaired) electrons. The van der Waals surface area contributed by atoms with Crippen molar-refractivity contribution in [2.75, 3.05) is 18.4 Å². The highest BCUT2D eigenvalue weighted by atomic mass is 16.1. The van der Waals surface area contributed by atoms with E-state index < -0.39 is 0 Å². The van der Waals surface area contributed by atoms with Gasteiger partial charge in [-0.3, -0.25) is 4.79 Å². The molecule has 3 rings (SSSR count). The summed E-state index contributed by atoms with van der Waals surface area (Å²) >= 11 is 0. The number of nitrogens with zero attached hydrogens (tertiary/aromatic N) is 4. The predicted molar refractivity (Wildman–Crippen MR) is 101 cm³/mol. The number of aryl methyl sites for hydroxylation is 1. The van der Waals surface area contributed by atoms with Gasteiger partial charge >= 0.3 is 0 Å². The summed E-state index contributed by atoms with van der Waals surface area (Å²) in [6.07, 6.45) is 0.555. The first-order valence-corrected chi connectivity index (χ1v) is 8.83. The van der Waals surface area contributed by atoms with E-state index in [0.717, 1.165) is 23.8 Å². The Labute approximate surface area is 152 Å².